The number of rotatable bonds is 6. The Hall–Kier alpha value is -3.21. The monoisotopic (exact) mass is 347 g/mol. The molecule has 0 atom stereocenters. The topological polar surface area (TPSA) is 66.1 Å². The summed E-state index contributed by atoms with van der Waals surface area (Å²) in [5.41, 5.74) is 1.83. The number of nitrogens with one attached hydrogen (secondary N) is 1. The fourth-order valence-corrected chi connectivity index (χ4v) is 2.77. The van der Waals surface area contributed by atoms with Crippen molar-refractivity contribution in [2.24, 2.45) is 0 Å². The normalized spacial score (nSPS) is 10.5. The molecule has 0 saturated carbocycles. The summed E-state index contributed by atoms with van der Waals surface area (Å²) in [5, 5.41) is 0. The molecule has 2 aromatic carbocycles. The van der Waals surface area contributed by atoms with Gasteiger partial charge in [-0.2, -0.15) is 0 Å². The van der Waals surface area contributed by atoms with Crippen LogP contribution in [0.4, 0.5) is 0 Å². The first-order valence-corrected chi connectivity index (χ1v) is 8.56. The third-order valence-electron chi connectivity index (χ3n) is 4.17. The molecular formula is C21H21N3O2. The van der Waals surface area contributed by atoms with Crippen LogP contribution in [0.2, 0.25) is 0 Å². The smallest absolute Gasteiger partial charge is 0.263 e. The number of hydrogen-bond acceptors (Lipinski definition) is 3. The highest BCUT2D eigenvalue weighted by atomic mass is 16.2. The molecule has 5 heteroatoms. The average Bonchev–Trinajstić information content (AvgIpc) is 2.66. The molecule has 0 aliphatic heterocycles. The number of aryl methyl sites for hydroxylation is 1. The lowest BCUT2D eigenvalue weighted by Crippen LogP contribution is -2.36. The molecule has 1 amide bonds. The van der Waals surface area contributed by atoms with E-state index in [9.17, 15) is 9.59 Å². The Morgan fingerprint density at radius 3 is 2.23 bits per heavy atom. The second-order valence-electron chi connectivity index (χ2n) is 6.16. The minimum Gasteiger partial charge on any atom is -0.334 e. The van der Waals surface area contributed by atoms with Gasteiger partial charge in [0.2, 0.25) is 0 Å². The number of aromatic amines is 1. The van der Waals surface area contributed by atoms with Crippen LogP contribution in [0.5, 0.6) is 0 Å². The number of nitrogens with zero attached hydrogens (tertiary/aromatic N) is 2. The molecule has 3 rings (SSSR count). The quantitative estimate of drug-likeness (QED) is 0.745. The number of amides is 1. The van der Waals surface area contributed by atoms with Crippen LogP contribution < -0.4 is 5.56 Å². The summed E-state index contributed by atoms with van der Waals surface area (Å²) in [5.74, 6) is 0.184. The average molecular weight is 347 g/mol. The zero-order valence-electron chi connectivity index (χ0n) is 14.7. The van der Waals surface area contributed by atoms with E-state index < -0.39 is 5.56 Å². The first kappa shape index (κ1) is 17.6. The second kappa shape index (κ2) is 8.25. The zero-order chi connectivity index (χ0) is 18.4. The van der Waals surface area contributed by atoms with Gasteiger partial charge in [0.25, 0.3) is 11.5 Å². The third kappa shape index (κ3) is 4.45. The standard InChI is InChI=1S/C21H21N3O2/c1-16-22-14-19(20(25)23-16)21(26)24(15-18-10-6-3-7-11-18)13-12-17-8-4-2-5-9-17/h2-11,14H,12-13,15H2,1H3,(H,22,23,25). The largest absolute Gasteiger partial charge is 0.334 e. The van der Waals surface area contributed by atoms with E-state index >= 15 is 0 Å². The minimum atomic E-state index is -0.403. The molecule has 0 spiro atoms. The lowest BCUT2D eigenvalue weighted by molar-refractivity contribution is 0.0742. The van der Waals surface area contributed by atoms with Crippen LogP contribution in [-0.4, -0.2) is 27.3 Å². The van der Waals surface area contributed by atoms with Gasteiger partial charge >= 0.3 is 0 Å². The maximum absolute atomic E-state index is 13.0. The van der Waals surface area contributed by atoms with Crippen molar-refractivity contribution < 1.29 is 4.79 Å². The van der Waals surface area contributed by atoms with Crippen LogP contribution in [0.15, 0.2) is 71.7 Å². The second-order valence-corrected chi connectivity index (χ2v) is 6.16. The molecule has 0 fully saturated rings. The van der Waals surface area contributed by atoms with E-state index in [-0.39, 0.29) is 11.5 Å². The lowest BCUT2D eigenvalue weighted by Gasteiger charge is -2.22. The van der Waals surface area contributed by atoms with Gasteiger partial charge in [-0.3, -0.25) is 9.59 Å². The van der Waals surface area contributed by atoms with Crippen molar-refractivity contribution in [1.82, 2.24) is 14.9 Å². The predicted molar refractivity (Wildman–Crippen MR) is 101 cm³/mol. The summed E-state index contributed by atoms with van der Waals surface area (Å²) in [4.78, 5) is 33.5. The number of hydrogen-bond donors (Lipinski definition) is 1. The Balaban J connectivity index is 1.83. The molecule has 3 aromatic rings. The summed E-state index contributed by atoms with van der Waals surface area (Å²) in [6, 6.07) is 19.8. The zero-order valence-corrected chi connectivity index (χ0v) is 14.7. The van der Waals surface area contributed by atoms with Crippen molar-refractivity contribution in [1.29, 1.82) is 0 Å². The fourth-order valence-electron chi connectivity index (χ4n) is 2.77. The molecule has 0 unspecified atom stereocenters. The number of carbonyl (C=O) groups is 1. The summed E-state index contributed by atoms with van der Waals surface area (Å²) in [6.45, 7) is 2.65. The minimum absolute atomic E-state index is 0.0691. The first-order valence-electron chi connectivity index (χ1n) is 8.56. The van der Waals surface area contributed by atoms with E-state index in [0.717, 1.165) is 17.5 Å². The van der Waals surface area contributed by atoms with Crippen LogP contribution in [0.25, 0.3) is 0 Å². The van der Waals surface area contributed by atoms with Gasteiger partial charge in [-0.15, -0.1) is 0 Å². The molecule has 5 nitrogen and oxygen atoms in total. The maximum Gasteiger partial charge on any atom is 0.263 e. The predicted octanol–water partition coefficient (Wildman–Crippen LogP) is 2.96. The molecule has 132 valence electrons. The number of aromatic nitrogens is 2. The van der Waals surface area contributed by atoms with Crippen LogP contribution >= 0.6 is 0 Å². The number of carbonyl (C=O) groups excluding carboxylic acids is 1. The molecule has 26 heavy (non-hydrogen) atoms. The number of H-pyrrole nitrogens is 1. The van der Waals surface area contributed by atoms with Crippen LogP contribution in [0.1, 0.15) is 27.3 Å². The molecular weight excluding hydrogens is 326 g/mol. The van der Waals surface area contributed by atoms with E-state index in [4.69, 9.17) is 0 Å². The molecule has 0 aliphatic carbocycles. The summed E-state index contributed by atoms with van der Waals surface area (Å²) in [7, 11) is 0. The van der Waals surface area contributed by atoms with E-state index in [0.29, 0.717) is 18.9 Å². The maximum atomic E-state index is 13.0. The van der Waals surface area contributed by atoms with Crippen molar-refractivity contribution in [3.05, 3.63) is 99.7 Å². The Bertz CT molecular complexity index is 921. The molecule has 1 heterocycles. The van der Waals surface area contributed by atoms with Gasteiger partial charge in [0, 0.05) is 19.3 Å². The molecule has 0 saturated heterocycles. The van der Waals surface area contributed by atoms with Gasteiger partial charge in [0.05, 0.1) is 0 Å². The fraction of sp³-hybridized carbons (Fsp3) is 0.190. The van der Waals surface area contributed by atoms with Gasteiger partial charge in [-0.25, -0.2) is 4.98 Å². The highest BCUT2D eigenvalue weighted by Crippen LogP contribution is 2.10. The summed E-state index contributed by atoms with van der Waals surface area (Å²) < 4.78 is 0. The highest BCUT2D eigenvalue weighted by molar-refractivity contribution is 5.93. The Morgan fingerprint density at radius 2 is 1.62 bits per heavy atom. The van der Waals surface area contributed by atoms with Crippen molar-refractivity contribution in [2.75, 3.05) is 6.54 Å². The van der Waals surface area contributed by atoms with Crippen LogP contribution in [0.3, 0.4) is 0 Å². The molecule has 0 radical (unpaired) electrons. The molecule has 0 bridgehead atoms. The molecule has 0 aliphatic rings. The van der Waals surface area contributed by atoms with Gasteiger partial charge in [-0.1, -0.05) is 60.7 Å². The SMILES string of the molecule is Cc1ncc(C(=O)N(CCc2ccccc2)Cc2ccccc2)c(=O)[nH]1. The van der Waals surface area contributed by atoms with Crippen molar-refractivity contribution in [2.45, 2.75) is 19.9 Å². The lowest BCUT2D eigenvalue weighted by atomic mass is 10.1. The highest BCUT2D eigenvalue weighted by Gasteiger charge is 2.19. The molecule has 1 N–H and O–H groups in total. The Morgan fingerprint density at radius 1 is 1.00 bits per heavy atom. The number of benzene rings is 2. The van der Waals surface area contributed by atoms with Crippen LogP contribution in [0, 0.1) is 6.92 Å². The van der Waals surface area contributed by atoms with E-state index in [2.05, 4.69) is 9.97 Å². The summed E-state index contributed by atoms with van der Waals surface area (Å²) in [6.07, 6.45) is 2.08. The Kier molecular flexibility index (Phi) is 5.59. The Labute approximate surface area is 152 Å². The van der Waals surface area contributed by atoms with E-state index in [1.54, 1.807) is 11.8 Å². The van der Waals surface area contributed by atoms with Crippen molar-refractivity contribution >= 4 is 5.91 Å². The van der Waals surface area contributed by atoms with Gasteiger partial charge in [-0.05, 0) is 24.5 Å². The summed E-state index contributed by atoms with van der Waals surface area (Å²) >= 11 is 0. The van der Waals surface area contributed by atoms with E-state index in [1.807, 2.05) is 60.7 Å². The van der Waals surface area contributed by atoms with Crippen molar-refractivity contribution in [3.63, 3.8) is 0 Å². The van der Waals surface area contributed by atoms with Crippen molar-refractivity contribution in [3.8, 4) is 0 Å². The van der Waals surface area contributed by atoms with Gasteiger partial charge < -0.3 is 9.88 Å². The van der Waals surface area contributed by atoms with Gasteiger partial charge in [0.1, 0.15) is 11.4 Å². The first-order chi connectivity index (χ1) is 12.6. The van der Waals surface area contributed by atoms with Gasteiger partial charge in [0.15, 0.2) is 0 Å². The van der Waals surface area contributed by atoms with E-state index in [1.165, 1.54) is 6.20 Å². The van der Waals surface area contributed by atoms with Crippen LogP contribution in [-0.2, 0) is 13.0 Å². The molecule has 1 aromatic heterocycles. The third-order valence-corrected chi connectivity index (χ3v) is 4.17.